The maximum Gasteiger partial charge on any atom is 0.0841 e. The van der Waals surface area contributed by atoms with E-state index in [0.29, 0.717) is 5.02 Å². The minimum Gasteiger partial charge on any atom is -0.113 e. The lowest BCUT2D eigenvalue weighted by molar-refractivity contribution is 1.16. The minimum atomic E-state index is -0.216. The summed E-state index contributed by atoms with van der Waals surface area (Å²) in [6, 6.07) is 20.3. The van der Waals surface area contributed by atoms with E-state index in [1.54, 1.807) is 0 Å². The second kappa shape index (κ2) is 5.77. The maximum absolute atomic E-state index is 6.66. The van der Waals surface area contributed by atoms with Crippen LogP contribution in [0.3, 0.4) is 0 Å². The Morgan fingerprint density at radius 2 is 1.65 bits per heavy atom. The molecule has 0 heterocycles. The molecule has 0 saturated carbocycles. The standard InChI is InChI=1S/C17H11BrCl2/c18-15-9-8-12(10-16(15)19)17(20)14-7-3-5-11-4-1-2-6-13(11)14/h1-10,17H. The van der Waals surface area contributed by atoms with Gasteiger partial charge in [0.2, 0.25) is 0 Å². The van der Waals surface area contributed by atoms with Crippen LogP contribution in [0.1, 0.15) is 16.5 Å². The predicted molar refractivity (Wildman–Crippen MR) is 90.8 cm³/mol. The van der Waals surface area contributed by atoms with Gasteiger partial charge in [0.05, 0.1) is 10.4 Å². The van der Waals surface area contributed by atoms with Crippen molar-refractivity contribution in [1.82, 2.24) is 0 Å². The predicted octanol–water partition coefficient (Wildman–Crippen LogP) is 6.58. The quantitative estimate of drug-likeness (QED) is 0.449. The van der Waals surface area contributed by atoms with Crippen LogP contribution in [0.2, 0.25) is 5.02 Å². The van der Waals surface area contributed by atoms with Crippen molar-refractivity contribution in [2.24, 2.45) is 0 Å². The first-order valence-electron chi connectivity index (χ1n) is 6.23. The van der Waals surface area contributed by atoms with Gasteiger partial charge in [-0.1, -0.05) is 60.1 Å². The molecule has 20 heavy (non-hydrogen) atoms. The Morgan fingerprint density at radius 1 is 0.900 bits per heavy atom. The molecular weight excluding hydrogens is 355 g/mol. The van der Waals surface area contributed by atoms with Gasteiger partial charge in [-0.15, -0.1) is 11.6 Å². The van der Waals surface area contributed by atoms with Crippen molar-refractivity contribution >= 4 is 49.9 Å². The fourth-order valence-corrected chi connectivity index (χ4v) is 3.08. The largest absolute Gasteiger partial charge is 0.113 e. The summed E-state index contributed by atoms with van der Waals surface area (Å²) in [4.78, 5) is 0. The minimum absolute atomic E-state index is 0.216. The molecule has 0 nitrogen and oxygen atoms in total. The normalized spacial score (nSPS) is 12.6. The average Bonchev–Trinajstić information content (AvgIpc) is 2.49. The Hall–Kier alpha value is -1.02. The highest BCUT2D eigenvalue weighted by atomic mass is 79.9. The molecule has 0 fully saturated rings. The second-order valence-electron chi connectivity index (χ2n) is 4.60. The molecule has 0 aliphatic heterocycles. The van der Waals surface area contributed by atoms with Crippen LogP contribution in [-0.2, 0) is 0 Å². The molecule has 3 aromatic carbocycles. The zero-order chi connectivity index (χ0) is 14.1. The highest BCUT2D eigenvalue weighted by Crippen LogP contribution is 2.36. The van der Waals surface area contributed by atoms with Gasteiger partial charge in [0.1, 0.15) is 0 Å². The molecule has 0 aromatic heterocycles. The number of alkyl halides is 1. The Morgan fingerprint density at radius 3 is 2.45 bits per heavy atom. The molecule has 0 amide bonds. The molecular formula is C17H11BrCl2. The van der Waals surface area contributed by atoms with Crippen molar-refractivity contribution in [2.45, 2.75) is 5.38 Å². The number of fused-ring (bicyclic) bond motifs is 1. The first-order valence-corrected chi connectivity index (χ1v) is 7.84. The van der Waals surface area contributed by atoms with Crippen LogP contribution in [0.5, 0.6) is 0 Å². The van der Waals surface area contributed by atoms with Crippen LogP contribution in [-0.4, -0.2) is 0 Å². The van der Waals surface area contributed by atoms with Gasteiger partial charge in [0.15, 0.2) is 0 Å². The highest BCUT2D eigenvalue weighted by Gasteiger charge is 2.14. The molecule has 3 aromatic rings. The Labute approximate surface area is 136 Å². The SMILES string of the molecule is Clc1cc(C(Cl)c2cccc3ccccc23)ccc1Br. The van der Waals surface area contributed by atoms with Gasteiger partial charge in [-0.3, -0.25) is 0 Å². The zero-order valence-electron chi connectivity index (χ0n) is 10.5. The molecule has 1 atom stereocenters. The molecule has 0 aliphatic carbocycles. The third-order valence-electron chi connectivity index (χ3n) is 3.33. The van der Waals surface area contributed by atoms with Gasteiger partial charge < -0.3 is 0 Å². The summed E-state index contributed by atoms with van der Waals surface area (Å²) in [6.45, 7) is 0. The summed E-state index contributed by atoms with van der Waals surface area (Å²) >= 11 is 16.2. The molecule has 3 heteroatoms. The fraction of sp³-hybridized carbons (Fsp3) is 0.0588. The smallest absolute Gasteiger partial charge is 0.0841 e. The van der Waals surface area contributed by atoms with E-state index >= 15 is 0 Å². The summed E-state index contributed by atoms with van der Waals surface area (Å²) in [7, 11) is 0. The van der Waals surface area contributed by atoms with Gasteiger partial charge in [0.25, 0.3) is 0 Å². The van der Waals surface area contributed by atoms with Crippen LogP contribution in [0.15, 0.2) is 65.1 Å². The van der Waals surface area contributed by atoms with Crippen molar-refractivity contribution in [3.63, 3.8) is 0 Å². The maximum atomic E-state index is 6.66. The van der Waals surface area contributed by atoms with Crippen LogP contribution in [0.25, 0.3) is 10.8 Å². The third kappa shape index (κ3) is 2.58. The van der Waals surface area contributed by atoms with Crippen molar-refractivity contribution in [1.29, 1.82) is 0 Å². The van der Waals surface area contributed by atoms with Crippen molar-refractivity contribution in [2.75, 3.05) is 0 Å². The Balaban J connectivity index is 2.12. The van der Waals surface area contributed by atoms with Gasteiger partial charge in [-0.05, 0) is 50.0 Å². The topological polar surface area (TPSA) is 0 Å². The number of benzene rings is 3. The van der Waals surface area contributed by atoms with Crippen molar-refractivity contribution in [3.8, 4) is 0 Å². The van der Waals surface area contributed by atoms with Gasteiger partial charge in [-0.25, -0.2) is 0 Å². The molecule has 0 aliphatic rings. The Bertz CT molecular complexity index is 763. The van der Waals surface area contributed by atoms with E-state index in [2.05, 4.69) is 40.2 Å². The lowest BCUT2D eigenvalue weighted by Crippen LogP contribution is -1.94. The van der Waals surface area contributed by atoms with Crippen molar-refractivity contribution in [3.05, 3.63) is 81.3 Å². The number of rotatable bonds is 2. The average molecular weight is 366 g/mol. The van der Waals surface area contributed by atoms with E-state index in [4.69, 9.17) is 23.2 Å². The van der Waals surface area contributed by atoms with E-state index in [1.165, 1.54) is 10.8 Å². The number of halogens is 3. The molecule has 3 rings (SSSR count). The van der Waals surface area contributed by atoms with Crippen LogP contribution in [0, 0.1) is 0 Å². The Kier molecular flexibility index (Phi) is 4.02. The van der Waals surface area contributed by atoms with E-state index in [-0.39, 0.29) is 5.38 Å². The lowest BCUT2D eigenvalue weighted by Gasteiger charge is -2.14. The molecule has 0 radical (unpaired) electrons. The highest BCUT2D eigenvalue weighted by molar-refractivity contribution is 9.10. The summed E-state index contributed by atoms with van der Waals surface area (Å²) < 4.78 is 0.879. The summed E-state index contributed by atoms with van der Waals surface area (Å²) in [5.74, 6) is 0. The van der Waals surface area contributed by atoms with Gasteiger partial charge >= 0.3 is 0 Å². The zero-order valence-corrected chi connectivity index (χ0v) is 13.6. The molecule has 0 bridgehead atoms. The van der Waals surface area contributed by atoms with Crippen molar-refractivity contribution < 1.29 is 0 Å². The molecule has 0 saturated heterocycles. The first-order chi connectivity index (χ1) is 9.66. The number of hydrogen-bond acceptors (Lipinski definition) is 0. The van der Waals surface area contributed by atoms with Gasteiger partial charge in [-0.2, -0.15) is 0 Å². The van der Waals surface area contributed by atoms with E-state index in [9.17, 15) is 0 Å². The second-order valence-corrected chi connectivity index (χ2v) is 6.30. The molecule has 1 unspecified atom stereocenters. The molecule has 100 valence electrons. The fourth-order valence-electron chi connectivity index (χ4n) is 2.32. The summed E-state index contributed by atoms with van der Waals surface area (Å²) in [5, 5.41) is 2.83. The first kappa shape index (κ1) is 13.9. The summed E-state index contributed by atoms with van der Waals surface area (Å²) in [6.07, 6.45) is 0. The number of hydrogen-bond donors (Lipinski definition) is 0. The van der Waals surface area contributed by atoms with E-state index in [1.807, 2.05) is 36.4 Å². The van der Waals surface area contributed by atoms with E-state index in [0.717, 1.165) is 15.6 Å². The third-order valence-corrected chi connectivity index (χ3v) is 5.05. The van der Waals surface area contributed by atoms with Crippen LogP contribution < -0.4 is 0 Å². The molecule has 0 N–H and O–H groups in total. The summed E-state index contributed by atoms with van der Waals surface area (Å²) in [5.41, 5.74) is 2.10. The lowest BCUT2D eigenvalue weighted by atomic mass is 9.98. The van der Waals surface area contributed by atoms with Crippen LogP contribution in [0.4, 0.5) is 0 Å². The van der Waals surface area contributed by atoms with Crippen LogP contribution >= 0.6 is 39.1 Å². The molecule has 0 spiro atoms. The monoisotopic (exact) mass is 364 g/mol. The van der Waals surface area contributed by atoms with E-state index < -0.39 is 0 Å². The van der Waals surface area contributed by atoms with Gasteiger partial charge in [0, 0.05) is 4.47 Å².